The summed E-state index contributed by atoms with van der Waals surface area (Å²) < 4.78 is 5.65. The predicted molar refractivity (Wildman–Crippen MR) is 95.6 cm³/mol. The Balaban J connectivity index is 1.48. The normalized spacial score (nSPS) is 16.0. The van der Waals surface area contributed by atoms with Crippen LogP contribution in [0.4, 0.5) is 0 Å². The lowest BCUT2D eigenvalue weighted by molar-refractivity contribution is 0.295. The van der Waals surface area contributed by atoms with Crippen LogP contribution in [0.2, 0.25) is 0 Å². The number of rotatable bonds is 6. The highest BCUT2D eigenvalue weighted by Crippen LogP contribution is 2.24. The highest BCUT2D eigenvalue weighted by atomic mass is 16.5. The molecule has 1 aliphatic heterocycles. The third kappa shape index (κ3) is 4.91. The summed E-state index contributed by atoms with van der Waals surface area (Å²) in [6.07, 6.45) is 7.12. The second-order valence-electron chi connectivity index (χ2n) is 5.90. The van der Waals surface area contributed by atoms with E-state index in [1.54, 1.807) is 18.7 Å². The number of nitrogens with one attached hydrogen (secondary N) is 2. The minimum atomic E-state index is 0.454. The van der Waals surface area contributed by atoms with Crippen LogP contribution in [0.5, 0.6) is 5.75 Å². The summed E-state index contributed by atoms with van der Waals surface area (Å²) in [6.45, 7) is 6.00. The molecule has 0 saturated carbocycles. The molecule has 0 spiro atoms. The molecule has 2 N–H and O–H groups in total. The predicted octanol–water partition coefficient (Wildman–Crippen LogP) is 1.42. The van der Waals surface area contributed by atoms with Gasteiger partial charge >= 0.3 is 0 Å². The molecule has 2 aromatic heterocycles. The van der Waals surface area contributed by atoms with Crippen molar-refractivity contribution in [2.45, 2.75) is 25.7 Å². The molecule has 0 aromatic carbocycles. The summed E-state index contributed by atoms with van der Waals surface area (Å²) >= 11 is 0. The Morgan fingerprint density at radius 3 is 3.00 bits per heavy atom. The van der Waals surface area contributed by atoms with Gasteiger partial charge in [0.15, 0.2) is 5.96 Å². The number of aromatic nitrogens is 4. The first-order chi connectivity index (χ1) is 12.4. The molecule has 1 aliphatic rings. The van der Waals surface area contributed by atoms with E-state index in [4.69, 9.17) is 9.73 Å². The SMILES string of the molecule is CCNC(=NCCOc1cccnc1)N1CCC(c2ncn[nH]2)CC1. The monoisotopic (exact) mass is 343 g/mol. The number of guanidine groups is 1. The van der Waals surface area contributed by atoms with E-state index in [1.165, 1.54) is 0 Å². The molecule has 0 aliphatic carbocycles. The molecule has 0 amide bonds. The van der Waals surface area contributed by atoms with E-state index in [0.717, 1.165) is 50.0 Å². The minimum Gasteiger partial charge on any atom is -0.490 e. The largest absolute Gasteiger partial charge is 0.490 e. The molecule has 0 atom stereocenters. The maximum atomic E-state index is 5.65. The van der Waals surface area contributed by atoms with E-state index >= 15 is 0 Å². The van der Waals surface area contributed by atoms with E-state index < -0.39 is 0 Å². The average Bonchev–Trinajstić information content (AvgIpc) is 3.20. The highest BCUT2D eigenvalue weighted by Gasteiger charge is 2.24. The van der Waals surface area contributed by atoms with Crippen LogP contribution in [0.3, 0.4) is 0 Å². The van der Waals surface area contributed by atoms with E-state index in [1.807, 2.05) is 12.1 Å². The fraction of sp³-hybridized carbons (Fsp3) is 0.529. The molecule has 0 bridgehead atoms. The molecule has 8 heteroatoms. The van der Waals surface area contributed by atoms with E-state index in [2.05, 4.69) is 37.3 Å². The van der Waals surface area contributed by atoms with Crippen molar-refractivity contribution in [3.05, 3.63) is 36.7 Å². The summed E-state index contributed by atoms with van der Waals surface area (Å²) in [5.41, 5.74) is 0. The zero-order chi connectivity index (χ0) is 17.3. The molecule has 3 heterocycles. The molecule has 134 valence electrons. The molecule has 0 unspecified atom stereocenters. The molecule has 8 nitrogen and oxygen atoms in total. The van der Waals surface area contributed by atoms with Crippen LogP contribution in [0.1, 0.15) is 31.5 Å². The van der Waals surface area contributed by atoms with Crippen molar-refractivity contribution in [1.29, 1.82) is 0 Å². The van der Waals surface area contributed by atoms with Crippen molar-refractivity contribution in [2.24, 2.45) is 4.99 Å². The summed E-state index contributed by atoms with van der Waals surface area (Å²) in [7, 11) is 0. The van der Waals surface area contributed by atoms with Gasteiger partial charge in [0.05, 0.1) is 12.7 Å². The number of ether oxygens (including phenoxy) is 1. The van der Waals surface area contributed by atoms with Crippen molar-refractivity contribution in [3.63, 3.8) is 0 Å². The van der Waals surface area contributed by atoms with Gasteiger partial charge in [0.1, 0.15) is 24.5 Å². The van der Waals surface area contributed by atoms with Crippen molar-refractivity contribution >= 4 is 5.96 Å². The standard InChI is InChI=1S/C17H25N7O/c1-2-19-17(20-8-11-25-15-4-3-7-18-12-15)24-9-5-14(6-10-24)16-21-13-22-23-16/h3-4,7,12-14H,2,5-6,8-11H2,1H3,(H,19,20)(H,21,22,23). The van der Waals surface area contributed by atoms with Gasteiger partial charge in [0.25, 0.3) is 0 Å². The Labute approximate surface area is 147 Å². The van der Waals surface area contributed by atoms with Crippen molar-refractivity contribution < 1.29 is 4.74 Å². The van der Waals surface area contributed by atoms with Gasteiger partial charge < -0.3 is 15.0 Å². The van der Waals surface area contributed by atoms with E-state index in [9.17, 15) is 0 Å². The summed E-state index contributed by atoms with van der Waals surface area (Å²) in [6, 6.07) is 3.76. The molecule has 0 radical (unpaired) electrons. The van der Waals surface area contributed by atoms with Gasteiger partial charge in [-0.2, -0.15) is 5.10 Å². The molecular formula is C17H25N7O. The Kier molecular flexibility index (Phi) is 6.19. The lowest BCUT2D eigenvalue weighted by Crippen LogP contribution is -2.45. The van der Waals surface area contributed by atoms with Gasteiger partial charge in [-0.05, 0) is 31.9 Å². The second-order valence-corrected chi connectivity index (χ2v) is 5.90. The summed E-state index contributed by atoms with van der Waals surface area (Å²) in [5.74, 6) is 3.17. The van der Waals surface area contributed by atoms with Gasteiger partial charge in [-0.15, -0.1) is 0 Å². The average molecular weight is 343 g/mol. The Morgan fingerprint density at radius 1 is 1.44 bits per heavy atom. The van der Waals surface area contributed by atoms with Crippen molar-refractivity contribution in [1.82, 2.24) is 30.4 Å². The van der Waals surface area contributed by atoms with Crippen LogP contribution in [-0.4, -0.2) is 63.8 Å². The Bertz CT molecular complexity index is 636. The number of hydrogen-bond acceptors (Lipinski definition) is 5. The van der Waals surface area contributed by atoms with Crippen LogP contribution < -0.4 is 10.1 Å². The topological polar surface area (TPSA) is 91.3 Å². The smallest absolute Gasteiger partial charge is 0.194 e. The van der Waals surface area contributed by atoms with Gasteiger partial charge in [-0.3, -0.25) is 10.1 Å². The number of H-pyrrole nitrogens is 1. The molecular weight excluding hydrogens is 318 g/mol. The number of aliphatic imine (C=N–C) groups is 1. The number of aromatic amines is 1. The first-order valence-corrected chi connectivity index (χ1v) is 8.78. The van der Waals surface area contributed by atoms with E-state index in [0.29, 0.717) is 19.1 Å². The molecule has 1 fully saturated rings. The first-order valence-electron chi connectivity index (χ1n) is 8.78. The molecule has 25 heavy (non-hydrogen) atoms. The number of pyridine rings is 1. The highest BCUT2D eigenvalue weighted by molar-refractivity contribution is 5.80. The third-order valence-corrected chi connectivity index (χ3v) is 4.21. The van der Waals surface area contributed by atoms with Crippen LogP contribution in [0.25, 0.3) is 0 Å². The van der Waals surface area contributed by atoms with Gasteiger partial charge in [0, 0.05) is 31.7 Å². The molecule has 3 rings (SSSR count). The first kappa shape index (κ1) is 17.2. The van der Waals surface area contributed by atoms with Crippen LogP contribution in [0.15, 0.2) is 35.8 Å². The maximum absolute atomic E-state index is 5.65. The van der Waals surface area contributed by atoms with Gasteiger partial charge in [0.2, 0.25) is 0 Å². The lowest BCUT2D eigenvalue weighted by Gasteiger charge is -2.33. The lowest BCUT2D eigenvalue weighted by atomic mass is 9.96. The molecule has 1 saturated heterocycles. The van der Waals surface area contributed by atoms with Crippen LogP contribution >= 0.6 is 0 Å². The number of nitrogens with zero attached hydrogens (tertiary/aromatic N) is 5. The van der Waals surface area contributed by atoms with Crippen LogP contribution in [0, 0.1) is 0 Å². The Hall–Kier alpha value is -2.64. The maximum Gasteiger partial charge on any atom is 0.194 e. The zero-order valence-electron chi connectivity index (χ0n) is 14.6. The number of hydrogen-bond donors (Lipinski definition) is 2. The summed E-state index contributed by atoms with van der Waals surface area (Å²) in [5, 5.41) is 10.3. The second kappa shape index (κ2) is 9.00. The van der Waals surface area contributed by atoms with Crippen molar-refractivity contribution in [3.8, 4) is 5.75 Å². The zero-order valence-corrected chi connectivity index (χ0v) is 14.6. The van der Waals surface area contributed by atoms with Crippen molar-refractivity contribution in [2.75, 3.05) is 32.8 Å². The summed E-state index contributed by atoms with van der Waals surface area (Å²) in [4.78, 5) is 15.3. The minimum absolute atomic E-state index is 0.454. The Morgan fingerprint density at radius 2 is 2.32 bits per heavy atom. The van der Waals surface area contributed by atoms with Gasteiger partial charge in [-0.1, -0.05) is 0 Å². The fourth-order valence-electron chi connectivity index (χ4n) is 2.95. The molecule has 2 aromatic rings. The van der Waals surface area contributed by atoms with E-state index in [-0.39, 0.29) is 0 Å². The quantitative estimate of drug-likeness (QED) is 0.468. The van der Waals surface area contributed by atoms with Crippen LogP contribution in [-0.2, 0) is 0 Å². The number of piperidine rings is 1. The third-order valence-electron chi connectivity index (χ3n) is 4.21. The number of likely N-dealkylation sites (tertiary alicyclic amines) is 1. The van der Waals surface area contributed by atoms with Gasteiger partial charge in [-0.25, -0.2) is 9.98 Å². The fourth-order valence-corrected chi connectivity index (χ4v) is 2.95.